The number of benzene rings is 2. The minimum absolute atomic E-state index is 0.129. The molecule has 152 valence electrons. The Labute approximate surface area is 188 Å². The van der Waals surface area contributed by atoms with Gasteiger partial charge in [-0.2, -0.15) is 0 Å². The number of aliphatic hydroxyl groups excluding tert-OH is 1. The predicted octanol–water partition coefficient (Wildman–Crippen LogP) is 5.55. The van der Waals surface area contributed by atoms with Gasteiger partial charge in [0.25, 0.3) is 5.91 Å². The van der Waals surface area contributed by atoms with Crippen LogP contribution < -0.4 is 10.8 Å². The first-order chi connectivity index (χ1) is 13.2. The fraction of sp³-hybridized carbons (Fsp3) is 0.278. The van der Waals surface area contributed by atoms with Gasteiger partial charge in [0.1, 0.15) is 6.61 Å². The van der Waals surface area contributed by atoms with E-state index in [9.17, 15) is 18.7 Å². The Bertz CT molecular complexity index is 873. The van der Waals surface area contributed by atoms with Crippen LogP contribution in [0.3, 0.4) is 0 Å². The molecule has 0 bridgehead atoms. The SMILES string of the molecule is CCCC(O)CONC(=O)c1cc(Br)c(F)c(F)c1Nc1ccc(I)cc1Cl. The van der Waals surface area contributed by atoms with Crippen LogP contribution in [0, 0.1) is 15.2 Å². The van der Waals surface area contributed by atoms with Crippen LogP contribution in [-0.2, 0) is 4.84 Å². The Morgan fingerprint density at radius 3 is 2.71 bits per heavy atom. The van der Waals surface area contributed by atoms with E-state index in [1.54, 1.807) is 18.2 Å². The molecule has 10 heteroatoms. The molecule has 0 saturated heterocycles. The molecule has 0 fully saturated rings. The highest BCUT2D eigenvalue weighted by atomic mass is 127. The number of carbonyl (C=O) groups excluding carboxylic acids is 1. The Morgan fingerprint density at radius 1 is 1.36 bits per heavy atom. The van der Waals surface area contributed by atoms with E-state index in [-0.39, 0.29) is 27.4 Å². The largest absolute Gasteiger partial charge is 0.391 e. The summed E-state index contributed by atoms with van der Waals surface area (Å²) >= 11 is 11.1. The number of hydrogen-bond acceptors (Lipinski definition) is 4. The first kappa shape index (κ1) is 23.3. The molecule has 0 aromatic heterocycles. The molecule has 2 aromatic carbocycles. The maximum Gasteiger partial charge on any atom is 0.277 e. The van der Waals surface area contributed by atoms with Gasteiger partial charge >= 0.3 is 0 Å². The van der Waals surface area contributed by atoms with Gasteiger partial charge < -0.3 is 10.4 Å². The van der Waals surface area contributed by atoms with Crippen LogP contribution >= 0.6 is 50.1 Å². The lowest BCUT2D eigenvalue weighted by molar-refractivity contribution is -0.0149. The molecule has 0 aliphatic rings. The van der Waals surface area contributed by atoms with Gasteiger partial charge in [-0.25, -0.2) is 14.3 Å². The fourth-order valence-corrected chi connectivity index (χ4v) is 3.60. The number of halogens is 5. The summed E-state index contributed by atoms with van der Waals surface area (Å²) in [5, 5.41) is 12.6. The molecule has 2 aromatic rings. The summed E-state index contributed by atoms with van der Waals surface area (Å²) in [6.45, 7) is 1.77. The van der Waals surface area contributed by atoms with Crippen molar-refractivity contribution >= 4 is 67.4 Å². The summed E-state index contributed by atoms with van der Waals surface area (Å²) in [7, 11) is 0. The van der Waals surface area contributed by atoms with Crippen LogP contribution in [0.15, 0.2) is 28.7 Å². The van der Waals surface area contributed by atoms with Gasteiger partial charge in [0, 0.05) is 3.57 Å². The smallest absolute Gasteiger partial charge is 0.277 e. The lowest BCUT2D eigenvalue weighted by Gasteiger charge is -2.16. The van der Waals surface area contributed by atoms with E-state index in [4.69, 9.17) is 16.4 Å². The highest BCUT2D eigenvalue weighted by Gasteiger charge is 2.23. The number of hydroxylamine groups is 1. The molecule has 0 radical (unpaired) electrons. The number of rotatable bonds is 8. The second-order valence-electron chi connectivity index (χ2n) is 5.84. The van der Waals surface area contributed by atoms with E-state index in [2.05, 4.69) is 49.3 Å². The van der Waals surface area contributed by atoms with Crippen LogP contribution in [0.1, 0.15) is 30.1 Å². The Kier molecular flexibility index (Phi) is 8.87. The Balaban J connectivity index is 2.29. The molecular weight excluding hydrogens is 572 g/mol. The van der Waals surface area contributed by atoms with E-state index in [1.807, 2.05) is 6.92 Å². The van der Waals surface area contributed by atoms with Crippen molar-refractivity contribution in [2.45, 2.75) is 25.9 Å². The third-order valence-corrected chi connectivity index (χ3v) is 5.22. The van der Waals surface area contributed by atoms with Crippen molar-refractivity contribution in [1.82, 2.24) is 5.48 Å². The molecular formula is C18H17BrClF2IN2O3. The average Bonchev–Trinajstić information content (AvgIpc) is 2.63. The van der Waals surface area contributed by atoms with Gasteiger partial charge in [-0.1, -0.05) is 24.9 Å². The van der Waals surface area contributed by atoms with Gasteiger partial charge in [0.15, 0.2) is 11.6 Å². The number of anilines is 2. The molecule has 28 heavy (non-hydrogen) atoms. The zero-order chi connectivity index (χ0) is 20.8. The second kappa shape index (κ2) is 10.7. The van der Waals surface area contributed by atoms with E-state index < -0.39 is 23.6 Å². The molecule has 3 N–H and O–H groups in total. The van der Waals surface area contributed by atoms with Crippen molar-refractivity contribution < 1.29 is 23.5 Å². The second-order valence-corrected chi connectivity index (χ2v) is 8.35. The number of aliphatic hydroxyl groups is 1. The van der Waals surface area contributed by atoms with Crippen molar-refractivity contribution in [2.24, 2.45) is 0 Å². The maximum absolute atomic E-state index is 14.6. The number of nitrogens with one attached hydrogen (secondary N) is 2. The lowest BCUT2D eigenvalue weighted by Crippen LogP contribution is -2.29. The van der Waals surface area contributed by atoms with Gasteiger partial charge in [0.05, 0.1) is 32.5 Å². The van der Waals surface area contributed by atoms with Gasteiger partial charge in [-0.15, -0.1) is 0 Å². The molecule has 0 saturated carbocycles. The lowest BCUT2D eigenvalue weighted by atomic mass is 10.1. The minimum Gasteiger partial charge on any atom is -0.391 e. The summed E-state index contributed by atoms with van der Waals surface area (Å²) in [6, 6.07) is 6.07. The van der Waals surface area contributed by atoms with Crippen LogP contribution in [0.2, 0.25) is 5.02 Å². The monoisotopic (exact) mass is 588 g/mol. The first-order valence-electron chi connectivity index (χ1n) is 8.24. The van der Waals surface area contributed by atoms with Crippen molar-refractivity contribution in [1.29, 1.82) is 0 Å². The summed E-state index contributed by atoms with van der Waals surface area (Å²) in [5.74, 6) is -3.22. The Morgan fingerprint density at radius 2 is 2.07 bits per heavy atom. The maximum atomic E-state index is 14.6. The van der Waals surface area contributed by atoms with Gasteiger partial charge in [-0.3, -0.25) is 9.63 Å². The quantitative estimate of drug-likeness (QED) is 0.215. The van der Waals surface area contributed by atoms with E-state index in [0.29, 0.717) is 12.1 Å². The molecule has 1 unspecified atom stereocenters. The average molecular weight is 590 g/mol. The number of amides is 1. The number of hydrogen-bond donors (Lipinski definition) is 3. The highest BCUT2D eigenvalue weighted by molar-refractivity contribution is 14.1. The fourth-order valence-electron chi connectivity index (χ4n) is 2.30. The van der Waals surface area contributed by atoms with Crippen molar-refractivity contribution in [2.75, 3.05) is 11.9 Å². The molecule has 1 amide bonds. The normalized spacial score (nSPS) is 12.0. The molecule has 0 aliphatic heterocycles. The van der Waals surface area contributed by atoms with Crippen LogP contribution in [0.5, 0.6) is 0 Å². The predicted molar refractivity (Wildman–Crippen MR) is 116 cm³/mol. The van der Waals surface area contributed by atoms with Crippen LogP contribution in [0.25, 0.3) is 0 Å². The van der Waals surface area contributed by atoms with Gasteiger partial charge in [-0.05, 0) is 69.2 Å². The Hall–Kier alpha value is -1.01. The van der Waals surface area contributed by atoms with Crippen molar-refractivity contribution in [3.8, 4) is 0 Å². The van der Waals surface area contributed by atoms with E-state index in [1.165, 1.54) is 0 Å². The molecule has 0 aliphatic carbocycles. The molecule has 5 nitrogen and oxygen atoms in total. The van der Waals surface area contributed by atoms with Crippen LogP contribution in [0.4, 0.5) is 20.2 Å². The standard InChI is InChI=1S/C18H17BrClF2IN2O3/c1-2-3-10(26)8-28-25-18(27)11-7-12(19)15(21)16(22)17(11)24-14-5-4-9(23)6-13(14)20/h4-7,10,24,26H,2-3,8H2,1H3,(H,25,27). The third-order valence-electron chi connectivity index (χ3n) is 3.66. The van der Waals surface area contributed by atoms with Crippen molar-refractivity contribution in [3.05, 3.63) is 54.5 Å². The first-order valence-corrected chi connectivity index (χ1v) is 10.5. The zero-order valence-corrected chi connectivity index (χ0v) is 19.2. The summed E-state index contributed by atoms with van der Waals surface area (Å²) in [5.41, 5.74) is 1.84. The summed E-state index contributed by atoms with van der Waals surface area (Å²) in [4.78, 5) is 17.4. The highest BCUT2D eigenvalue weighted by Crippen LogP contribution is 2.34. The van der Waals surface area contributed by atoms with E-state index >= 15 is 0 Å². The third kappa shape index (κ3) is 5.99. The summed E-state index contributed by atoms with van der Waals surface area (Å²) < 4.78 is 29.2. The minimum atomic E-state index is -1.25. The molecule has 0 heterocycles. The number of carbonyl (C=O) groups is 1. The molecule has 2 rings (SSSR count). The van der Waals surface area contributed by atoms with Gasteiger partial charge in [0.2, 0.25) is 0 Å². The van der Waals surface area contributed by atoms with E-state index in [0.717, 1.165) is 16.1 Å². The zero-order valence-electron chi connectivity index (χ0n) is 14.7. The topological polar surface area (TPSA) is 70.6 Å². The molecule has 0 spiro atoms. The summed E-state index contributed by atoms with van der Waals surface area (Å²) in [6.07, 6.45) is 0.509. The van der Waals surface area contributed by atoms with Crippen molar-refractivity contribution in [3.63, 3.8) is 0 Å². The molecule has 1 atom stereocenters. The van der Waals surface area contributed by atoms with Crippen LogP contribution in [-0.4, -0.2) is 23.7 Å².